The minimum Gasteiger partial charge on any atom is -0.469 e. The van der Waals surface area contributed by atoms with Gasteiger partial charge in [0.05, 0.1) is 13.0 Å². The molecule has 0 aromatic heterocycles. The first kappa shape index (κ1) is 15.3. The van der Waals surface area contributed by atoms with Crippen molar-refractivity contribution in [3.63, 3.8) is 0 Å². The molecule has 3 heteroatoms. The van der Waals surface area contributed by atoms with E-state index in [-0.39, 0.29) is 17.8 Å². The molecular formula is C19H25NO2. The Balaban J connectivity index is 1.91. The largest absolute Gasteiger partial charge is 0.469 e. The van der Waals surface area contributed by atoms with Crippen LogP contribution < -0.4 is 0 Å². The van der Waals surface area contributed by atoms with Gasteiger partial charge in [-0.3, -0.25) is 9.69 Å². The van der Waals surface area contributed by atoms with E-state index < -0.39 is 0 Å². The van der Waals surface area contributed by atoms with E-state index in [9.17, 15) is 4.79 Å². The van der Waals surface area contributed by atoms with Crippen LogP contribution in [-0.4, -0.2) is 37.1 Å². The highest BCUT2D eigenvalue weighted by Crippen LogP contribution is 2.46. The molecule has 1 aromatic rings. The van der Waals surface area contributed by atoms with E-state index in [1.54, 1.807) is 0 Å². The smallest absolute Gasteiger partial charge is 0.310 e. The van der Waals surface area contributed by atoms with Crippen LogP contribution in [-0.2, 0) is 9.53 Å². The number of fused-ring (bicyclic) bond motifs is 2. The first-order valence-corrected chi connectivity index (χ1v) is 8.18. The second kappa shape index (κ2) is 6.25. The number of carbonyl (C=O) groups is 1. The summed E-state index contributed by atoms with van der Waals surface area (Å²) in [6.07, 6.45) is 7.49. The number of ether oxygens (including phenoxy) is 1. The molecule has 2 aliphatic heterocycles. The van der Waals surface area contributed by atoms with Gasteiger partial charge in [-0.25, -0.2) is 0 Å². The van der Waals surface area contributed by atoms with Gasteiger partial charge in [0.25, 0.3) is 0 Å². The van der Waals surface area contributed by atoms with Gasteiger partial charge >= 0.3 is 5.97 Å². The fourth-order valence-electron chi connectivity index (χ4n) is 4.31. The lowest BCUT2D eigenvalue weighted by atomic mass is 9.76. The summed E-state index contributed by atoms with van der Waals surface area (Å²) in [4.78, 5) is 14.8. The summed E-state index contributed by atoms with van der Waals surface area (Å²) in [7, 11) is 3.67. The van der Waals surface area contributed by atoms with Crippen LogP contribution in [0.1, 0.15) is 43.2 Å². The predicted molar refractivity (Wildman–Crippen MR) is 88.6 cm³/mol. The number of carbonyl (C=O) groups excluding carboxylic acids is 1. The molecule has 118 valence electrons. The molecule has 0 aliphatic carbocycles. The van der Waals surface area contributed by atoms with Gasteiger partial charge < -0.3 is 4.74 Å². The van der Waals surface area contributed by atoms with Crippen molar-refractivity contribution in [2.45, 2.75) is 44.2 Å². The molecule has 2 aliphatic rings. The van der Waals surface area contributed by atoms with E-state index in [1.807, 2.05) is 13.0 Å². The normalized spacial score (nSPS) is 31.6. The molecule has 0 amide bonds. The minimum atomic E-state index is -0.0558. The van der Waals surface area contributed by atoms with Crippen molar-refractivity contribution < 1.29 is 9.53 Å². The van der Waals surface area contributed by atoms with Crippen LogP contribution in [0.25, 0.3) is 6.08 Å². The van der Waals surface area contributed by atoms with Crippen molar-refractivity contribution >= 4 is 12.0 Å². The maximum absolute atomic E-state index is 12.4. The monoisotopic (exact) mass is 299 g/mol. The van der Waals surface area contributed by atoms with Gasteiger partial charge in [-0.15, -0.1) is 0 Å². The van der Waals surface area contributed by atoms with Crippen LogP contribution in [0.4, 0.5) is 0 Å². The Kier molecular flexibility index (Phi) is 4.34. The molecule has 3 nitrogen and oxygen atoms in total. The van der Waals surface area contributed by atoms with Crippen molar-refractivity contribution in [1.82, 2.24) is 4.90 Å². The summed E-state index contributed by atoms with van der Waals surface area (Å²) < 4.78 is 5.13. The molecule has 22 heavy (non-hydrogen) atoms. The van der Waals surface area contributed by atoms with E-state index in [1.165, 1.54) is 24.7 Å². The zero-order chi connectivity index (χ0) is 15.7. The van der Waals surface area contributed by atoms with Crippen LogP contribution in [0.15, 0.2) is 30.3 Å². The molecule has 0 N–H and O–H groups in total. The first-order chi connectivity index (χ1) is 10.7. The van der Waals surface area contributed by atoms with Crippen molar-refractivity contribution in [3.8, 4) is 0 Å². The van der Waals surface area contributed by atoms with Gasteiger partial charge in [0, 0.05) is 18.0 Å². The van der Waals surface area contributed by atoms with Gasteiger partial charge in [-0.2, -0.15) is 0 Å². The number of nitrogens with zero attached hydrogens (tertiary/aromatic N) is 1. The van der Waals surface area contributed by atoms with Gasteiger partial charge in [-0.1, -0.05) is 36.4 Å². The number of piperidine rings is 1. The third kappa shape index (κ3) is 2.58. The van der Waals surface area contributed by atoms with E-state index >= 15 is 0 Å². The average molecular weight is 299 g/mol. The fraction of sp³-hybridized carbons (Fsp3) is 0.526. The number of esters is 1. The van der Waals surface area contributed by atoms with E-state index in [4.69, 9.17) is 4.74 Å². The Hall–Kier alpha value is -1.61. The number of allylic oxidation sites excluding steroid dienone is 1. The second-order valence-electron chi connectivity index (χ2n) is 6.52. The summed E-state index contributed by atoms with van der Waals surface area (Å²) in [5.74, 6) is 0.182. The lowest BCUT2D eigenvalue weighted by molar-refractivity contribution is -0.150. The summed E-state index contributed by atoms with van der Waals surface area (Å²) in [5, 5.41) is 0. The predicted octanol–water partition coefficient (Wildman–Crippen LogP) is 3.46. The van der Waals surface area contributed by atoms with Crippen LogP contribution in [0.5, 0.6) is 0 Å². The number of benzene rings is 1. The van der Waals surface area contributed by atoms with Crippen LogP contribution >= 0.6 is 0 Å². The summed E-state index contributed by atoms with van der Waals surface area (Å²) >= 11 is 0. The molecule has 0 spiro atoms. The van der Waals surface area contributed by atoms with Crippen molar-refractivity contribution in [1.29, 1.82) is 0 Å². The summed E-state index contributed by atoms with van der Waals surface area (Å²) in [6.45, 7) is 2.02. The molecule has 1 aromatic carbocycles. The maximum atomic E-state index is 12.4. The van der Waals surface area contributed by atoms with Crippen LogP contribution in [0.2, 0.25) is 0 Å². The molecule has 3 rings (SSSR count). The molecule has 0 radical (unpaired) electrons. The molecule has 2 heterocycles. The number of methoxy groups -OCH3 is 1. The van der Waals surface area contributed by atoms with E-state index in [0.717, 1.165) is 12.8 Å². The number of rotatable bonds is 3. The molecular weight excluding hydrogens is 274 g/mol. The Morgan fingerprint density at radius 2 is 2.00 bits per heavy atom. The van der Waals surface area contributed by atoms with Gasteiger partial charge in [0.2, 0.25) is 0 Å². The first-order valence-electron chi connectivity index (χ1n) is 8.18. The highest BCUT2D eigenvalue weighted by molar-refractivity contribution is 5.75. The quantitative estimate of drug-likeness (QED) is 0.801. The molecule has 2 fully saturated rings. The van der Waals surface area contributed by atoms with Crippen molar-refractivity contribution in [3.05, 3.63) is 41.5 Å². The second-order valence-corrected chi connectivity index (χ2v) is 6.52. The van der Waals surface area contributed by atoms with Gasteiger partial charge in [0.15, 0.2) is 0 Å². The molecule has 0 saturated carbocycles. The molecule has 2 saturated heterocycles. The summed E-state index contributed by atoms with van der Waals surface area (Å²) in [5.41, 5.74) is 2.48. The summed E-state index contributed by atoms with van der Waals surface area (Å²) in [6, 6.07) is 9.58. The maximum Gasteiger partial charge on any atom is 0.310 e. The van der Waals surface area contributed by atoms with E-state index in [2.05, 4.69) is 42.3 Å². The fourth-order valence-corrected chi connectivity index (χ4v) is 4.31. The van der Waals surface area contributed by atoms with Gasteiger partial charge in [0.1, 0.15) is 0 Å². The number of hydrogen-bond acceptors (Lipinski definition) is 3. The molecule has 4 atom stereocenters. The van der Waals surface area contributed by atoms with Crippen molar-refractivity contribution in [2.24, 2.45) is 5.92 Å². The van der Waals surface area contributed by atoms with Crippen LogP contribution in [0, 0.1) is 5.92 Å². The highest BCUT2D eigenvalue weighted by Gasteiger charge is 2.49. The zero-order valence-electron chi connectivity index (χ0n) is 13.7. The van der Waals surface area contributed by atoms with E-state index in [0.29, 0.717) is 12.1 Å². The topological polar surface area (TPSA) is 29.5 Å². The zero-order valence-corrected chi connectivity index (χ0v) is 13.7. The Bertz CT molecular complexity index is 563. The lowest BCUT2D eigenvalue weighted by Crippen LogP contribution is -2.49. The lowest BCUT2D eigenvalue weighted by Gasteiger charge is -2.41. The molecule has 0 unspecified atom stereocenters. The average Bonchev–Trinajstić information content (AvgIpc) is 2.77. The third-order valence-corrected chi connectivity index (χ3v) is 5.47. The van der Waals surface area contributed by atoms with Crippen molar-refractivity contribution in [2.75, 3.05) is 14.2 Å². The standard InChI is InChI=1S/C19H25NO2/c1-4-5-13-6-8-14(9-7-13)16-12-15-10-11-17(20(15)2)18(16)19(21)22-3/h4-9,15-18H,10-12H2,1-3H3/b5-4+/t15-,16+,17+,18-/m0/s1. The Labute approximate surface area is 133 Å². The van der Waals surface area contributed by atoms with Gasteiger partial charge in [-0.05, 0) is 44.4 Å². The SMILES string of the molecule is C/C=C/c1ccc([C@H]2C[C@@H]3CC[C@H]([C@H]2C(=O)OC)N3C)cc1. The third-order valence-electron chi connectivity index (χ3n) is 5.47. The molecule has 2 bridgehead atoms. The Morgan fingerprint density at radius 1 is 1.27 bits per heavy atom. The highest BCUT2D eigenvalue weighted by atomic mass is 16.5. The number of hydrogen-bond donors (Lipinski definition) is 0. The minimum absolute atomic E-state index is 0.0404. The Morgan fingerprint density at radius 3 is 2.64 bits per heavy atom. The van der Waals surface area contributed by atoms with Crippen LogP contribution in [0.3, 0.4) is 0 Å².